The molecule has 5 heteroatoms. The Morgan fingerprint density at radius 2 is 1.83 bits per heavy atom. The van der Waals surface area contributed by atoms with Gasteiger partial charge in [0.15, 0.2) is 23.1 Å². The third-order valence-electron chi connectivity index (χ3n) is 3.56. The predicted octanol–water partition coefficient (Wildman–Crippen LogP) is 3.96. The van der Waals surface area contributed by atoms with Crippen LogP contribution in [0.15, 0.2) is 35.7 Å². The van der Waals surface area contributed by atoms with E-state index in [0.717, 1.165) is 5.56 Å². The molecule has 2 rings (SSSR count). The number of thiophene rings is 1. The summed E-state index contributed by atoms with van der Waals surface area (Å²) >= 11 is 1.33. The van der Waals surface area contributed by atoms with Crippen LogP contribution in [-0.4, -0.2) is 21.8 Å². The van der Waals surface area contributed by atoms with Crippen LogP contribution in [0, 0.1) is 12.3 Å². The Balaban J connectivity index is 2.19. The van der Waals surface area contributed by atoms with Gasteiger partial charge < -0.3 is 10.2 Å². The van der Waals surface area contributed by atoms with Gasteiger partial charge in [0.1, 0.15) is 0 Å². The van der Waals surface area contributed by atoms with Crippen molar-refractivity contribution in [2.75, 3.05) is 0 Å². The molecule has 0 bridgehead atoms. The molecule has 1 aromatic heterocycles. The van der Waals surface area contributed by atoms with E-state index in [2.05, 4.69) is 0 Å². The average molecular weight is 330 g/mol. The molecule has 2 N–H and O–H groups in total. The highest BCUT2D eigenvalue weighted by Crippen LogP contribution is 2.29. The number of allylic oxidation sites excluding steroid dienone is 1. The highest BCUT2D eigenvalue weighted by atomic mass is 32.1. The molecule has 2 aromatic rings. The third kappa shape index (κ3) is 3.68. The molecule has 0 fully saturated rings. The number of carbonyl (C=O) groups is 2. The molecule has 23 heavy (non-hydrogen) atoms. The lowest BCUT2D eigenvalue weighted by atomic mass is 9.82. The van der Waals surface area contributed by atoms with Gasteiger partial charge in [-0.2, -0.15) is 0 Å². The monoisotopic (exact) mass is 330 g/mol. The minimum absolute atomic E-state index is 0.209. The number of Topliss-reactive ketones (excluding diaryl/α,β-unsaturated/α-hetero) is 1. The van der Waals surface area contributed by atoms with Crippen molar-refractivity contribution in [3.8, 4) is 11.5 Å². The predicted molar refractivity (Wildman–Crippen MR) is 91.0 cm³/mol. The summed E-state index contributed by atoms with van der Waals surface area (Å²) in [6.07, 6.45) is 2.83. The molecular weight excluding hydrogens is 312 g/mol. The molecule has 0 saturated carbocycles. The largest absolute Gasteiger partial charge is 0.504 e. The lowest BCUT2D eigenvalue weighted by Gasteiger charge is -2.18. The molecule has 0 aliphatic carbocycles. The van der Waals surface area contributed by atoms with Gasteiger partial charge in [0.2, 0.25) is 0 Å². The van der Waals surface area contributed by atoms with Crippen LogP contribution in [0.2, 0.25) is 0 Å². The zero-order valence-electron chi connectivity index (χ0n) is 13.2. The Hall–Kier alpha value is -2.40. The first kappa shape index (κ1) is 17.0. The van der Waals surface area contributed by atoms with Crippen molar-refractivity contribution in [3.63, 3.8) is 0 Å². The minimum atomic E-state index is -1.16. The number of hydrogen-bond donors (Lipinski definition) is 2. The highest BCUT2D eigenvalue weighted by Gasteiger charge is 2.35. The van der Waals surface area contributed by atoms with Gasteiger partial charge in [-0.05, 0) is 61.6 Å². The van der Waals surface area contributed by atoms with Gasteiger partial charge in [0.05, 0.1) is 10.3 Å². The van der Waals surface area contributed by atoms with Crippen molar-refractivity contribution in [1.29, 1.82) is 0 Å². The number of benzene rings is 1. The summed E-state index contributed by atoms with van der Waals surface area (Å²) in [7, 11) is 0. The Morgan fingerprint density at radius 3 is 2.39 bits per heavy atom. The number of phenols is 2. The number of hydrogen-bond acceptors (Lipinski definition) is 5. The van der Waals surface area contributed by atoms with E-state index in [1.807, 2.05) is 12.3 Å². The van der Waals surface area contributed by atoms with E-state index in [1.165, 1.54) is 35.6 Å². The van der Waals surface area contributed by atoms with E-state index in [1.54, 1.807) is 26.0 Å². The Labute approximate surface area is 138 Å². The lowest BCUT2D eigenvalue weighted by Crippen LogP contribution is -2.31. The molecule has 0 aliphatic rings. The van der Waals surface area contributed by atoms with Crippen LogP contribution in [0.1, 0.15) is 34.6 Å². The molecule has 0 radical (unpaired) electrons. The van der Waals surface area contributed by atoms with Gasteiger partial charge in [-0.1, -0.05) is 12.1 Å². The van der Waals surface area contributed by atoms with Crippen molar-refractivity contribution in [1.82, 2.24) is 0 Å². The van der Waals surface area contributed by atoms with Crippen molar-refractivity contribution < 1.29 is 19.8 Å². The maximum absolute atomic E-state index is 12.5. The first-order valence-electron chi connectivity index (χ1n) is 7.06. The van der Waals surface area contributed by atoms with Gasteiger partial charge in [-0.3, -0.25) is 9.59 Å². The topological polar surface area (TPSA) is 74.6 Å². The van der Waals surface area contributed by atoms with Crippen molar-refractivity contribution >= 4 is 29.0 Å². The first-order valence-corrected chi connectivity index (χ1v) is 7.94. The highest BCUT2D eigenvalue weighted by molar-refractivity contribution is 7.12. The number of aryl methyl sites for hydroxylation is 1. The fraction of sp³-hybridized carbons (Fsp3) is 0.222. The molecule has 120 valence electrons. The number of phenolic OH excluding ortho intramolecular Hbond substituents is 2. The summed E-state index contributed by atoms with van der Waals surface area (Å²) in [4.78, 5) is 25.5. The molecule has 0 atom stereocenters. The molecule has 4 nitrogen and oxygen atoms in total. The molecule has 0 unspecified atom stereocenters. The van der Waals surface area contributed by atoms with Crippen LogP contribution < -0.4 is 0 Å². The minimum Gasteiger partial charge on any atom is -0.504 e. The van der Waals surface area contributed by atoms with E-state index in [-0.39, 0.29) is 23.1 Å². The molecular formula is C18H18O4S. The van der Waals surface area contributed by atoms with Gasteiger partial charge in [-0.25, -0.2) is 0 Å². The quantitative estimate of drug-likeness (QED) is 0.377. The van der Waals surface area contributed by atoms with E-state index in [9.17, 15) is 19.8 Å². The fourth-order valence-electron chi connectivity index (χ4n) is 1.99. The van der Waals surface area contributed by atoms with Crippen molar-refractivity contribution in [2.24, 2.45) is 5.41 Å². The molecule has 1 aromatic carbocycles. The normalized spacial score (nSPS) is 11.8. The first-order chi connectivity index (χ1) is 10.7. The van der Waals surface area contributed by atoms with Crippen LogP contribution >= 0.6 is 11.3 Å². The van der Waals surface area contributed by atoms with Gasteiger partial charge in [-0.15, -0.1) is 11.3 Å². The summed E-state index contributed by atoms with van der Waals surface area (Å²) in [5, 5.41) is 20.6. The third-order valence-corrected chi connectivity index (χ3v) is 4.61. The van der Waals surface area contributed by atoms with E-state index in [4.69, 9.17) is 0 Å². The number of rotatable bonds is 5. The van der Waals surface area contributed by atoms with Crippen LogP contribution in [0.3, 0.4) is 0 Å². The second-order valence-electron chi connectivity index (χ2n) is 5.89. The van der Waals surface area contributed by atoms with Crippen molar-refractivity contribution in [3.05, 3.63) is 51.7 Å². The van der Waals surface area contributed by atoms with Gasteiger partial charge >= 0.3 is 0 Å². The molecule has 0 amide bonds. The van der Waals surface area contributed by atoms with Gasteiger partial charge in [0, 0.05) is 0 Å². The summed E-state index contributed by atoms with van der Waals surface area (Å²) in [6, 6.07) is 6.03. The molecule has 0 saturated heterocycles. The van der Waals surface area contributed by atoms with E-state index < -0.39 is 5.41 Å². The molecule has 0 aliphatic heterocycles. The summed E-state index contributed by atoms with van der Waals surface area (Å²) in [5.74, 6) is -1.01. The smallest absolute Gasteiger partial charge is 0.186 e. The van der Waals surface area contributed by atoms with Crippen LogP contribution in [-0.2, 0) is 4.79 Å². The van der Waals surface area contributed by atoms with Crippen LogP contribution in [0.25, 0.3) is 6.08 Å². The average Bonchev–Trinajstić information content (AvgIpc) is 2.93. The number of carbonyl (C=O) groups excluding carboxylic acids is 2. The SMILES string of the molecule is Cc1csc(C(=O)C(C)(C)C(=O)C=Cc2ccc(O)c(O)c2)c1. The summed E-state index contributed by atoms with van der Waals surface area (Å²) in [5.41, 5.74) is 0.396. The zero-order chi connectivity index (χ0) is 17.2. The second-order valence-corrected chi connectivity index (χ2v) is 6.80. The Kier molecular flexibility index (Phi) is 4.71. The second kappa shape index (κ2) is 6.38. The zero-order valence-corrected chi connectivity index (χ0v) is 14.0. The maximum atomic E-state index is 12.5. The Bertz CT molecular complexity index is 784. The molecule has 1 heterocycles. The van der Waals surface area contributed by atoms with E-state index >= 15 is 0 Å². The van der Waals surface area contributed by atoms with Gasteiger partial charge in [0.25, 0.3) is 0 Å². The standard InChI is InChI=1S/C18H18O4S/c1-11-8-15(23-10-11)17(22)18(2,3)16(21)7-5-12-4-6-13(19)14(20)9-12/h4-10,19-20H,1-3H3. The van der Waals surface area contributed by atoms with Crippen LogP contribution in [0.4, 0.5) is 0 Å². The molecule has 0 spiro atoms. The van der Waals surface area contributed by atoms with E-state index in [0.29, 0.717) is 10.4 Å². The Morgan fingerprint density at radius 1 is 1.13 bits per heavy atom. The van der Waals surface area contributed by atoms with Crippen LogP contribution in [0.5, 0.6) is 11.5 Å². The van der Waals surface area contributed by atoms with Crippen molar-refractivity contribution in [2.45, 2.75) is 20.8 Å². The number of ketones is 2. The fourth-order valence-corrected chi connectivity index (χ4v) is 2.99. The lowest BCUT2D eigenvalue weighted by molar-refractivity contribution is -0.120. The summed E-state index contributed by atoms with van der Waals surface area (Å²) < 4.78 is 0. The number of aromatic hydroxyl groups is 2. The summed E-state index contributed by atoms with van der Waals surface area (Å²) in [6.45, 7) is 5.11. The maximum Gasteiger partial charge on any atom is 0.186 e.